The van der Waals surface area contributed by atoms with Crippen molar-refractivity contribution in [3.05, 3.63) is 75.8 Å². The van der Waals surface area contributed by atoms with Crippen LogP contribution in [0.15, 0.2) is 59.1 Å². The van der Waals surface area contributed by atoms with E-state index >= 15 is 0 Å². The van der Waals surface area contributed by atoms with E-state index in [4.69, 9.17) is 4.74 Å². The normalized spacial score (nSPS) is 10.6. The van der Waals surface area contributed by atoms with Gasteiger partial charge >= 0.3 is 6.09 Å². The van der Waals surface area contributed by atoms with Crippen LogP contribution >= 0.6 is 15.9 Å². The maximum Gasteiger partial charge on any atom is 0.407 e. The van der Waals surface area contributed by atoms with Gasteiger partial charge in [-0.3, -0.25) is 0 Å². The molecule has 0 aromatic heterocycles. The molecule has 0 aliphatic heterocycles. The van der Waals surface area contributed by atoms with Crippen molar-refractivity contribution in [2.45, 2.75) is 13.5 Å². The summed E-state index contributed by atoms with van der Waals surface area (Å²) < 4.78 is 6.21. The molecular formula is C18H18BrNO2. The quantitative estimate of drug-likeness (QED) is 0.840. The number of hydrogen-bond acceptors (Lipinski definition) is 2. The monoisotopic (exact) mass is 359 g/mol. The molecule has 0 aliphatic carbocycles. The lowest BCUT2D eigenvalue weighted by Crippen LogP contribution is -2.24. The highest BCUT2D eigenvalue weighted by molar-refractivity contribution is 9.10. The lowest BCUT2D eigenvalue weighted by molar-refractivity contribution is 0.141. The van der Waals surface area contributed by atoms with Crippen LogP contribution in [0.4, 0.5) is 4.79 Å². The minimum atomic E-state index is -0.417. The van der Waals surface area contributed by atoms with Crippen LogP contribution in [0.5, 0.6) is 0 Å². The highest BCUT2D eigenvalue weighted by Gasteiger charge is 2.01. The van der Waals surface area contributed by atoms with E-state index < -0.39 is 6.09 Å². The summed E-state index contributed by atoms with van der Waals surface area (Å²) in [6, 6.07) is 15.6. The molecule has 3 nitrogen and oxygen atoms in total. The second kappa shape index (κ2) is 8.39. The van der Waals surface area contributed by atoms with Crippen molar-refractivity contribution < 1.29 is 9.53 Å². The number of alkyl carbamates (subject to hydrolysis) is 1. The molecular weight excluding hydrogens is 342 g/mol. The van der Waals surface area contributed by atoms with Gasteiger partial charge in [-0.2, -0.15) is 0 Å². The standard InChI is InChI=1S/C18H18BrNO2/c1-14-16(9-5-11-17(14)19)10-6-12-20-18(21)22-13-15-7-3-2-4-8-15/h2-11H,12-13H2,1H3,(H,20,21). The number of hydrogen-bond donors (Lipinski definition) is 1. The summed E-state index contributed by atoms with van der Waals surface area (Å²) >= 11 is 3.50. The van der Waals surface area contributed by atoms with Gasteiger partial charge in [0.1, 0.15) is 6.61 Å². The van der Waals surface area contributed by atoms with Crippen LogP contribution < -0.4 is 5.32 Å². The topological polar surface area (TPSA) is 38.3 Å². The van der Waals surface area contributed by atoms with Gasteiger partial charge in [-0.05, 0) is 29.7 Å². The minimum absolute atomic E-state index is 0.279. The van der Waals surface area contributed by atoms with Gasteiger partial charge in [-0.1, -0.05) is 70.5 Å². The number of carbonyl (C=O) groups excluding carboxylic acids is 1. The number of amides is 1. The Kier molecular flexibility index (Phi) is 6.22. The van der Waals surface area contributed by atoms with Gasteiger partial charge in [0.25, 0.3) is 0 Å². The molecule has 0 radical (unpaired) electrons. The van der Waals surface area contributed by atoms with Crippen LogP contribution in [0.25, 0.3) is 6.08 Å². The number of carbonyl (C=O) groups is 1. The Balaban J connectivity index is 1.75. The number of ether oxygens (including phenoxy) is 1. The average molecular weight is 360 g/mol. The maximum absolute atomic E-state index is 11.6. The maximum atomic E-state index is 11.6. The molecule has 1 N–H and O–H groups in total. The molecule has 2 aromatic rings. The largest absolute Gasteiger partial charge is 0.445 e. The summed E-state index contributed by atoms with van der Waals surface area (Å²) in [5.41, 5.74) is 3.26. The molecule has 1 amide bonds. The minimum Gasteiger partial charge on any atom is -0.445 e. The van der Waals surface area contributed by atoms with E-state index in [0.717, 1.165) is 15.6 Å². The van der Waals surface area contributed by atoms with Crippen LogP contribution in [-0.2, 0) is 11.3 Å². The van der Waals surface area contributed by atoms with Crippen molar-refractivity contribution in [3.8, 4) is 0 Å². The Labute approximate surface area is 139 Å². The molecule has 0 saturated carbocycles. The Morgan fingerprint density at radius 1 is 1.18 bits per heavy atom. The van der Waals surface area contributed by atoms with E-state index in [-0.39, 0.29) is 6.61 Å². The second-order valence-electron chi connectivity index (χ2n) is 4.80. The van der Waals surface area contributed by atoms with E-state index in [1.807, 2.05) is 67.6 Å². The first-order valence-electron chi connectivity index (χ1n) is 7.03. The van der Waals surface area contributed by atoms with Crippen LogP contribution in [0.1, 0.15) is 16.7 Å². The summed E-state index contributed by atoms with van der Waals surface area (Å²) in [7, 11) is 0. The van der Waals surface area contributed by atoms with Gasteiger partial charge < -0.3 is 10.1 Å². The van der Waals surface area contributed by atoms with E-state index in [1.54, 1.807) is 0 Å². The van der Waals surface area contributed by atoms with Crippen molar-refractivity contribution in [2.24, 2.45) is 0 Å². The highest BCUT2D eigenvalue weighted by Crippen LogP contribution is 2.20. The lowest BCUT2D eigenvalue weighted by Gasteiger charge is -2.05. The van der Waals surface area contributed by atoms with Gasteiger partial charge in [0.05, 0.1) is 0 Å². The zero-order valence-corrected chi connectivity index (χ0v) is 14.0. The van der Waals surface area contributed by atoms with E-state index in [2.05, 4.69) is 21.2 Å². The Morgan fingerprint density at radius 3 is 2.73 bits per heavy atom. The van der Waals surface area contributed by atoms with Crippen LogP contribution in [-0.4, -0.2) is 12.6 Å². The first kappa shape index (κ1) is 16.3. The zero-order chi connectivity index (χ0) is 15.8. The van der Waals surface area contributed by atoms with Gasteiger partial charge in [-0.25, -0.2) is 4.79 Å². The average Bonchev–Trinajstić information content (AvgIpc) is 2.54. The smallest absolute Gasteiger partial charge is 0.407 e. The summed E-state index contributed by atoms with van der Waals surface area (Å²) in [6.07, 6.45) is 3.47. The van der Waals surface area contributed by atoms with Crippen molar-refractivity contribution in [2.75, 3.05) is 6.54 Å². The second-order valence-corrected chi connectivity index (χ2v) is 5.65. The molecule has 2 rings (SSSR count). The third kappa shape index (κ3) is 5.04. The molecule has 0 bridgehead atoms. The van der Waals surface area contributed by atoms with E-state index in [1.165, 1.54) is 5.56 Å². The lowest BCUT2D eigenvalue weighted by atomic mass is 10.1. The van der Waals surface area contributed by atoms with Gasteiger partial charge in [-0.15, -0.1) is 0 Å². The molecule has 0 fully saturated rings. The highest BCUT2D eigenvalue weighted by atomic mass is 79.9. The molecule has 0 heterocycles. The van der Waals surface area contributed by atoms with E-state index in [0.29, 0.717) is 6.54 Å². The van der Waals surface area contributed by atoms with Gasteiger partial charge in [0.15, 0.2) is 0 Å². The van der Waals surface area contributed by atoms with Crippen molar-refractivity contribution in [1.29, 1.82) is 0 Å². The van der Waals surface area contributed by atoms with Crippen LogP contribution in [0.2, 0.25) is 0 Å². The fourth-order valence-electron chi connectivity index (χ4n) is 1.91. The summed E-state index contributed by atoms with van der Waals surface area (Å²) in [5.74, 6) is 0. The van der Waals surface area contributed by atoms with Crippen molar-refractivity contribution in [1.82, 2.24) is 5.32 Å². The van der Waals surface area contributed by atoms with Gasteiger partial charge in [0, 0.05) is 11.0 Å². The molecule has 0 unspecified atom stereocenters. The molecule has 0 atom stereocenters. The summed E-state index contributed by atoms with van der Waals surface area (Å²) in [5, 5.41) is 2.70. The molecule has 22 heavy (non-hydrogen) atoms. The predicted molar refractivity (Wildman–Crippen MR) is 92.5 cm³/mol. The molecule has 0 aliphatic rings. The third-order valence-corrected chi connectivity index (χ3v) is 4.04. The Hall–Kier alpha value is -2.07. The number of nitrogens with one attached hydrogen (secondary N) is 1. The predicted octanol–water partition coefficient (Wildman–Crippen LogP) is 4.70. The Bertz CT molecular complexity index is 653. The fourth-order valence-corrected chi connectivity index (χ4v) is 2.29. The van der Waals surface area contributed by atoms with Gasteiger partial charge in [0.2, 0.25) is 0 Å². The van der Waals surface area contributed by atoms with Crippen LogP contribution in [0, 0.1) is 6.92 Å². The molecule has 0 spiro atoms. The molecule has 4 heteroatoms. The van der Waals surface area contributed by atoms with E-state index in [9.17, 15) is 4.79 Å². The molecule has 114 valence electrons. The molecule has 0 saturated heterocycles. The molecule has 2 aromatic carbocycles. The first-order valence-corrected chi connectivity index (χ1v) is 7.82. The summed E-state index contributed by atoms with van der Waals surface area (Å²) in [4.78, 5) is 11.6. The van der Waals surface area contributed by atoms with Crippen LogP contribution in [0.3, 0.4) is 0 Å². The fraction of sp³-hybridized carbons (Fsp3) is 0.167. The number of benzene rings is 2. The first-order chi connectivity index (χ1) is 10.7. The Morgan fingerprint density at radius 2 is 1.95 bits per heavy atom. The SMILES string of the molecule is Cc1c(Br)cccc1C=CCNC(=O)OCc1ccccc1. The summed E-state index contributed by atoms with van der Waals surface area (Å²) in [6.45, 7) is 2.76. The number of rotatable bonds is 5. The third-order valence-electron chi connectivity index (χ3n) is 3.18. The number of halogens is 1. The zero-order valence-electron chi connectivity index (χ0n) is 12.4. The van der Waals surface area contributed by atoms with Crippen molar-refractivity contribution >= 4 is 28.1 Å². The van der Waals surface area contributed by atoms with Crippen molar-refractivity contribution in [3.63, 3.8) is 0 Å².